The average molecular weight is 361 g/mol. The topological polar surface area (TPSA) is 78.4 Å². The number of amides is 1. The Balaban J connectivity index is 1.53. The minimum absolute atomic E-state index is 0.520. The molecule has 0 atom stereocenters. The Bertz CT molecular complexity index is 698. The molecule has 25 heavy (non-hydrogen) atoms. The molecule has 1 aromatic heterocycles. The summed E-state index contributed by atoms with van der Waals surface area (Å²) in [5, 5.41) is 11.8. The molecular weight excluding hydrogens is 340 g/mol. The van der Waals surface area contributed by atoms with Crippen LogP contribution in [-0.4, -0.2) is 40.8 Å². The summed E-state index contributed by atoms with van der Waals surface area (Å²) in [5.74, 6) is 1.30. The van der Waals surface area contributed by atoms with Gasteiger partial charge in [-0.3, -0.25) is 0 Å². The number of anilines is 1. The van der Waals surface area contributed by atoms with Gasteiger partial charge in [0.15, 0.2) is 0 Å². The highest BCUT2D eigenvalue weighted by Crippen LogP contribution is 2.24. The van der Waals surface area contributed by atoms with Crippen molar-refractivity contribution in [3.63, 3.8) is 0 Å². The van der Waals surface area contributed by atoms with E-state index in [1.165, 1.54) is 0 Å². The fourth-order valence-corrected chi connectivity index (χ4v) is 3.21. The van der Waals surface area contributed by atoms with Crippen molar-refractivity contribution in [2.75, 3.05) is 24.5 Å². The number of rotatable bonds is 5. The third-order valence-electron chi connectivity index (χ3n) is 4.54. The van der Waals surface area contributed by atoms with Crippen LogP contribution in [0.15, 0.2) is 36.7 Å². The minimum atomic E-state index is -0.952. The molecule has 0 bridgehead atoms. The van der Waals surface area contributed by atoms with E-state index in [1.54, 1.807) is 0 Å². The van der Waals surface area contributed by atoms with Crippen LogP contribution in [0, 0.1) is 5.92 Å². The van der Waals surface area contributed by atoms with Crippen LogP contribution in [0.2, 0.25) is 5.02 Å². The molecule has 0 saturated carbocycles. The third-order valence-corrected chi connectivity index (χ3v) is 4.79. The van der Waals surface area contributed by atoms with E-state index in [2.05, 4.69) is 20.2 Å². The maximum atomic E-state index is 10.5. The molecule has 1 amide bonds. The molecule has 1 saturated heterocycles. The standard InChI is InChI=1S/C18H21ClN4O2/c19-16-3-1-14(2-4-16)15-11-21-17(22-12-15)23-9-6-13(7-10-23)5-8-20-18(24)25/h1-4,11-13,20H,5-10H2,(H,24,25). The third kappa shape index (κ3) is 4.82. The summed E-state index contributed by atoms with van der Waals surface area (Å²) in [6.07, 6.45) is 5.68. The molecule has 1 aliphatic heterocycles. The molecule has 2 aromatic rings. The van der Waals surface area contributed by atoms with Gasteiger partial charge in [-0.05, 0) is 42.9 Å². The highest BCUT2D eigenvalue weighted by atomic mass is 35.5. The van der Waals surface area contributed by atoms with Crippen LogP contribution in [-0.2, 0) is 0 Å². The zero-order chi connectivity index (χ0) is 17.6. The number of hydrogen-bond donors (Lipinski definition) is 2. The summed E-state index contributed by atoms with van der Waals surface area (Å²) in [4.78, 5) is 21.7. The molecule has 2 heterocycles. The number of nitrogens with zero attached hydrogens (tertiary/aromatic N) is 3. The first-order valence-electron chi connectivity index (χ1n) is 8.41. The quantitative estimate of drug-likeness (QED) is 0.850. The molecule has 3 rings (SSSR count). The molecule has 2 N–H and O–H groups in total. The fraction of sp³-hybridized carbons (Fsp3) is 0.389. The van der Waals surface area contributed by atoms with E-state index in [0.717, 1.165) is 49.4 Å². The molecule has 0 aliphatic carbocycles. The van der Waals surface area contributed by atoms with Crippen molar-refractivity contribution in [2.24, 2.45) is 5.92 Å². The van der Waals surface area contributed by atoms with Gasteiger partial charge in [-0.1, -0.05) is 23.7 Å². The van der Waals surface area contributed by atoms with E-state index in [9.17, 15) is 4.79 Å². The second-order valence-electron chi connectivity index (χ2n) is 6.23. The van der Waals surface area contributed by atoms with Gasteiger partial charge in [0.25, 0.3) is 0 Å². The largest absolute Gasteiger partial charge is 0.465 e. The van der Waals surface area contributed by atoms with Gasteiger partial charge >= 0.3 is 6.09 Å². The Morgan fingerprint density at radius 1 is 1.16 bits per heavy atom. The summed E-state index contributed by atoms with van der Waals surface area (Å²) >= 11 is 5.91. The van der Waals surface area contributed by atoms with Gasteiger partial charge in [0.05, 0.1) is 0 Å². The monoisotopic (exact) mass is 360 g/mol. The number of hydrogen-bond acceptors (Lipinski definition) is 4. The Hall–Kier alpha value is -2.34. The predicted octanol–water partition coefficient (Wildman–Crippen LogP) is 3.67. The van der Waals surface area contributed by atoms with Crippen molar-refractivity contribution >= 4 is 23.6 Å². The second kappa shape index (κ2) is 8.16. The summed E-state index contributed by atoms with van der Waals surface area (Å²) in [7, 11) is 0. The Morgan fingerprint density at radius 3 is 2.40 bits per heavy atom. The van der Waals surface area contributed by atoms with Crippen LogP contribution in [0.4, 0.5) is 10.7 Å². The molecule has 132 valence electrons. The molecule has 0 spiro atoms. The van der Waals surface area contributed by atoms with Gasteiger partial charge < -0.3 is 15.3 Å². The van der Waals surface area contributed by atoms with Crippen molar-refractivity contribution in [2.45, 2.75) is 19.3 Å². The van der Waals surface area contributed by atoms with Gasteiger partial charge in [0.2, 0.25) is 5.95 Å². The number of nitrogens with one attached hydrogen (secondary N) is 1. The SMILES string of the molecule is O=C(O)NCCC1CCN(c2ncc(-c3ccc(Cl)cc3)cn2)CC1. The summed E-state index contributed by atoms with van der Waals surface area (Å²) < 4.78 is 0. The van der Waals surface area contributed by atoms with Gasteiger partial charge in [0.1, 0.15) is 0 Å². The summed E-state index contributed by atoms with van der Waals surface area (Å²) in [5.41, 5.74) is 2.01. The first-order chi connectivity index (χ1) is 12.1. The van der Waals surface area contributed by atoms with Gasteiger partial charge in [-0.25, -0.2) is 14.8 Å². The van der Waals surface area contributed by atoms with E-state index >= 15 is 0 Å². The molecule has 0 radical (unpaired) electrons. The highest BCUT2D eigenvalue weighted by Gasteiger charge is 2.20. The Kier molecular flexibility index (Phi) is 5.71. The zero-order valence-corrected chi connectivity index (χ0v) is 14.6. The van der Waals surface area contributed by atoms with Gasteiger partial charge in [-0.2, -0.15) is 0 Å². The zero-order valence-electron chi connectivity index (χ0n) is 13.9. The number of carboxylic acid groups (broad SMARTS) is 1. The van der Waals surface area contributed by atoms with E-state index < -0.39 is 6.09 Å². The molecule has 1 aromatic carbocycles. The highest BCUT2D eigenvalue weighted by molar-refractivity contribution is 6.30. The van der Waals surface area contributed by atoms with Gasteiger partial charge in [-0.15, -0.1) is 0 Å². The van der Waals surface area contributed by atoms with Gasteiger partial charge in [0, 0.05) is 42.6 Å². The maximum absolute atomic E-state index is 10.5. The molecule has 1 aliphatic rings. The van der Waals surface area contributed by atoms with E-state index in [0.29, 0.717) is 17.5 Å². The van der Waals surface area contributed by atoms with Crippen LogP contribution in [0.25, 0.3) is 11.1 Å². The van der Waals surface area contributed by atoms with Crippen molar-refractivity contribution in [1.29, 1.82) is 0 Å². The Labute approximate surface area is 151 Å². The van der Waals surface area contributed by atoms with Crippen LogP contribution in [0.3, 0.4) is 0 Å². The van der Waals surface area contributed by atoms with Crippen LogP contribution in [0.1, 0.15) is 19.3 Å². The molecule has 6 nitrogen and oxygen atoms in total. The lowest BCUT2D eigenvalue weighted by Gasteiger charge is -2.32. The van der Waals surface area contributed by atoms with Crippen molar-refractivity contribution in [3.8, 4) is 11.1 Å². The number of halogens is 1. The fourth-order valence-electron chi connectivity index (χ4n) is 3.08. The van der Waals surface area contributed by atoms with Crippen LogP contribution in [0.5, 0.6) is 0 Å². The first kappa shape index (κ1) is 17.5. The van der Waals surface area contributed by atoms with E-state index in [-0.39, 0.29) is 0 Å². The predicted molar refractivity (Wildman–Crippen MR) is 98.1 cm³/mol. The van der Waals surface area contributed by atoms with E-state index in [1.807, 2.05) is 36.7 Å². The van der Waals surface area contributed by atoms with Crippen LogP contribution < -0.4 is 10.2 Å². The first-order valence-corrected chi connectivity index (χ1v) is 8.79. The Morgan fingerprint density at radius 2 is 1.80 bits per heavy atom. The number of aromatic nitrogens is 2. The molecular formula is C18H21ClN4O2. The smallest absolute Gasteiger partial charge is 0.404 e. The summed E-state index contributed by atoms with van der Waals surface area (Å²) in [6.45, 7) is 2.32. The normalized spacial score (nSPS) is 15.2. The van der Waals surface area contributed by atoms with Crippen LogP contribution >= 0.6 is 11.6 Å². The van der Waals surface area contributed by atoms with Crippen molar-refractivity contribution < 1.29 is 9.90 Å². The minimum Gasteiger partial charge on any atom is -0.465 e. The lowest BCUT2D eigenvalue weighted by molar-refractivity contribution is 0.193. The lowest BCUT2D eigenvalue weighted by Crippen LogP contribution is -2.36. The maximum Gasteiger partial charge on any atom is 0.404 e. The van der Waals surface area contributed by atoms with Crippen molar-refractivity contribution in [3.05, 3.63) is 41.7 Å². The average Bonchev–Trinajstić information content (AvgIpc) is 2.63. The molecule has 1 fully saturated rings. The second-order valence-corrected chi connectivity index (χ2v) is 6.67. The summed E-state index contributed by atoms with van der Waals surface area (Å²) in [6, 6.07) is 7.62. The number of carbonyl (C=O) groups is 1. The van der Waals surface area contributed by atoms with E-state index in [4.69, 9.17) is 16.7 Å². The number of benzene rings is 1. The van der Waals surface area contributed by atoms with Crippen molar-refractivity contribution in [1.82, 2.24) is 15.3 Å². The molecule has 0 unspecified atom stereocenters. The lowest BCUT2D eigenvalue weighted by atomic mass is 9.94. The number of piperidine rings is 1. The molecule has 7 heteroatoms.